The number of nitrogens with zero attached hydrogens (tertiary/aromatic N) is 1. The van der Waals surface area contributed by atoms with Crippen LogP contribution in [0.2, 0.25) is 0 Å². The highest BCUT2D eigenvalue weighted by molar-refractivity contribution is 5.94. The molecule has 0 unspecified atom stereocenters. The molecule has 0 amide bonds. The van der Waals surface area contributed by atoms with Crippen LogP contribution in [0.3, 0.4) is 0 Å². The molecular weight excluding hydrogens is 242 g/mol. The first-order valence-electron chi connectivity index (χ1n) is 7.23. The standard InChI is InChI=1S/C19H18N/c1-2-3-6-15-9-11-17(12-10-15)19-18-8-5-4-7-16(18)13-14-20-19/h4-5,7-11,13-14H,2-3,6H2,1H3/q-1. The van der Waals surface area contributed by atoms with E-state index in [1.54, 1.807) is 0 Å². The van der Waals surface area contributed by atoms with Crippen LogP contribution in [0.15, 0.2) is 54.7 Å². The molecule has 0 fully saturated rings. The van der Waals surface area contributed by atoms with E-state index in [9.17, 15) is 0 Å². The van der Waals surface area contributed by atoms with Gasteiger partial charge in [-0.2, -0.15) is 0 Å². The minimum Gasteiger partial charge on any atom is -0.304 e. The predicted molar refractivity (Wildman–Crippen MR) is 84.6 cm³/mol. The summed E-state index contributed by atoms with van der Waals surface area (Å²) in [6.07, 6.45) is 5.47. The molecule has 1 nitrogen and oxygen atoms in total. The molecule has 0 atom stereocenters. The van der Waals surface area contributed by atoms with E-state index < -0.39 is 0 Å². The highest BCUT2D eigenvalue weighted by Crippen LogP contribution is 2.26. The van der Waals surface area contributed by atoms with Gasteiger partial charge in [0.25, 0.3) is 0 Å². The van der Waals surface area contributed by atoms with Crippen LogP contribution < -0.4 is 0 Å². The number of rotatable bonds is 4. The number of benzene rings is 2. The third kappa shape index (κ3) is 2.57. The summed E-state index contributed by atoms with van der Waals surface area (Å²) >= 11 is 0. The molecule has 0 saturated carbocycles. The van der Waals surface area contributed by atoms with E-state index in [4.69, 9.17) is 0 Å². The Bertz CT molecular complexity index is 693. The molecule has 20 heavy (non-hydrogen) atoms. The molecule has 0 saturated heterocycles. The largest absolute Gasteiger partial charge is 0.304 e. The van der Waals surface area contributed by atoms with Crippen molar-refractivity contribution in [3.8, 4) is 11.3 Å². The molecule has 0 bridgehead atoms. The average molecular weight is 260 g/mol. The number of pyridine rings is 1. The Morgan fingerprint density at radius 2 is 1.95 bits per heavy atom. The Hall–Kier alpha value is -2.15. The van der Waals surface area contributed by atoms with Crippen molar-refractivity contribution >= 4 is 10.8 Å². The summed E-state index contributed by atoms with van der Waals surface area (Å²) in [5.41, 5.74) is 3.45. The summed E-state index contributed by atoms with van der Waals surface area (Å²) in [7, 11) is 0. The van der Waals surface area contributed by atoms with E-state index in [0.717, 1.165) is 17.7 Å². The van der Waals surface area contributed by atoms with Crippen molar-refractivity contribution in [3.63, 3.8) is 0 Å². The molecule has 100 valence electrons. The summed E-state index contributed by atoms with van der Waals surface area (Å²) < 4.78 is 0. The first kappa shape index (κ1) is 12.9. The fraction of sp³-hybridized carbons (Fsp3) is 0.211. The Morgan fingerprint density at radius 3 is 2.75 bits per heavy atom. The molecule has 3 aromatic rings. The SMILES string of the molecule is CCCCc1c[c-]c(-c2nccc3ccccc23)cc1. The highest BCUT2D eigenvalue weighted by atomic mass is 14.7. The fourth-order valence-electron chi connectivity index (χ4n) is 2.48. The van der Waals surface area contributed by atoms with Crippen molar-refractivity contribution < 1.29 is 0 Å². The first-order valence-corrected chi connectivity index (χ1v) is 7.23. The van der Waals surface area contributed by atoms with Crippen LogP contribution in [0.1, 0.15) is 25.3 Å². The second-order valence-electron chi connectivity index (χ2n) is 5.09. The molecule has 1 heteroatoms. The Labute approximate surface area is 120 Å². The number of hydrogen-bond donors (Lipinski definition) is 0. The molecule has 0 N–H and O–H groups in total. The second kappa shape index (κ2) is 5.87. The van der Waals surface area contributed by atoms with Crippen LogP contribution in [-0.4, -0.2) is 4.98 Å². The lowest BCUT2D eigenvalue weighted by Crippen LogP contribution is -1.88. The van der Waals surface area contributed by atoms with Gasteiger partial charge in [-0.05, 0) is 22.5 Å². The maximum Gasteiger partial charge on any atom is 0.0167 e. The van der Waals surface area contributed by atoms with Gasteiger partial charge in [0.05, 0.1) is 0 Å². The fourth-order valence-corrected chi connectivity index (χ4v) is 2.48. The summed E-state index contributed by atoms with van der Waals surface area (Å²) in [6, 6.07) is 20.2. The molecular formula is C19H18N-. The van der Waals surface area contributed by atoms with Gasteiger partial charge >= 0.3 is 0 Å². The van der Waals surface area contributed by atoms with Gasteiger partial charge in [0.1, 0.15) is 0 Å². The molecule has 0 radical (unpaired) electrons. The van der Waals surface area contributed by atoms with Crippen LogP contribution in [0.4, 0.5) is 0 Å². The Morgan fingerprint density at radius 1 is 1.05 bits per heavy atom. The molecule has 1 aromatic heterocycles. The van der Waals surface area contributed by atoms with E-state index in [2.05, 4.69) is 66.5 Å². The van der Waals surface area contributed by atoms with Gasteiger partial charge in [-0.25, -0.2) is 0 Å². The minimum atomic E-state index is 1.02. The van der Waals surface area contributed by atoms with Gasteiger partial charge < -0.3 is 4.98 Å². The molecule has 1 heterocycles. The number of fused-ring (bicyclic) bond motifs is 1. The van der Waals surface area contributed by atoms with Crippen molar-refractivity contribution in [1.29, 1.82) is 0 Å². The van der Waals surface area contributed by atoms with Gasteiger partial charge in [-0.15, -0.1) is 35.4 Å². The van der Waals surface area contributed by atoms with E-state index in [1.165, 1.54) is 29.2 Å². The van der Waals surface area contributed by atoms with E-state index in [0.29, 0.717) is 0 Å². The maximum atomic E-state index is 4.54. The molecule has 3 rings (SSSR count). The Kier molecular flexibility index (Phi) is 3.78. The van der Waals surface area contributed by atoms with Crippen molar-refractivity contribution in [2.75, 3.05) is 0 Å². The van der Waals surface area contributed by atoms with Crippen LogP contribution in [0.25, 0.3) is 22.0 Å². The predicted octanol–water partition coefficient (Wildman–Crippen LogP) is 5.04. The molecule has 0 aliphatic carbocycles. The molecule has 0 aliphatic rings. The Balaban J connectivity index is 1.98. The smallest absolute Gasteiger partial charge is 0.0167 e. The van der Waals surface area contributed by atoms with E-state index >= 15 is 0 Å². The number of hydrogen-bond acceptors (Lipinski definition) is 1. The van der Waals surface area contributed by atoms with Crippen LogP contribution in [0, 0.1) is 6.07 Å². The second-order valence-corrected chi connectivity index (χ2v) is 5.09. The monoisotopic (exact) mass is 260 g/mol. The van der Waals surface area contributed by atoms with Gasteiger partial charge in [-0.1, -0.05) is 50.5 Å². The van der Waals surface area contributed by atoms with Gasteiger partial charge in [0.15, 0.2) is 0 Å². The quantitative estimate of drug-likeness (QED) is 0.598. The van der Waals surface area contributed by atoms with E-state index in [1.807, 2.05) is 6.20 Å². The van der Waals surface area contributed by atoms with Crippen LogP contribution in [-0.2, 0) is 6.42 Å². The van der Waals surface area contributed by atoms with Crippen LogP contribution in [0.5, 0.6) is 0 Å². The average Bonchev–Trinajstić information content (AvgIpc) is 2.53. The minimum absolute atomic E-state index is 1.02. The van der Waals surface area contributed by atoms with E-state index in [-0.39, 0.29) is 0 Å². The normalized spacial score (nSPS) is 10.8. The summed E-state index contributed by atoms with van der Waals surface area (Å²) in [5.74, 6) is 0. The van der Waals surface area contributed by atoms with Crippen molar-refractivity contribution in [2.24, 2.45) is 0 Å². The number of aryl methyl sites for hydroxylation is 1. The van der Waals surface area contributed by atoms with Crippen molar-refractivity contribution in [1.82, 2.24) is 4.98 Å². The highest BCUT2D eigenvalue weighted by Gasteiger charge is 1.98. The lowest BCUT2D eigenvalue weighted by Gasteiger charge is -2.13. The topological polar surface area (TPSA) is 12.9 Å². The van der Waals surface area contributed by atoms with Gasteiger partial charge in [0.2, 0.25) is 0 Å². The first-order chi connectivity index (χ1) is 9.88. The molecule has 0 aliphatic heterocycles. The third-order valence-electron chi connectivity index (χ3n) is 3.62. The van der Waals surface area contributed by atoms with Crippen molar-refractivity contribution in [2.45, 2.75) is 26.2 Å². The molecule has 0 spiro atoms. The van der Waals surface area contributed by atoms with Crippen molar-refractivity contribution in [3.05, 3.63) is 66.4 Å². The number of aromatic nitrogens is 1. The summed E-state index contributed by atoms with van der Waals surface area (Å²) in [4.78, 5) is 4.54. The number of unbranched alkanes of at least 4 members (excludes halogenated alkanes) is 1. The summed E-state index contributed by atoms with van der Waals surface area (Å²) in [6.45, 7) is 2.22. The zero-order valence-electron chi connectivity index (χ0n) is 11.8. The van der Waals surface area contributed by atoms with Gasteiger partial charge in [0, 0.05) is 6.20 Å². The zero-order chi connectivity index (χ0) is 13.8. The molecule has 2 aromatic carbocycles. The lowest BCUT2D eigenvalue weighted by atomic mass is 10.0. The third-order valence-corrected chi connectivity index (χ3v) is 3.62. The van der Waals surface area contributed by atoms with Crippen LogP contribution >= 0.6 is 0 Å². The summed E-state index contributed by atoms with van der Waals surface area (Å²) in [5, 5.41) is 2.41. The lowest BCUT2D eigenvalue weighted by molar-refractivity contribution is 0.795. The maximum absolute atomic E-state index is 4.54. The van der Waals surface area contributed by atoms with Gasteiger partial charge in [-0.3, -0.25) is 0 Å². The zero-order valence-corrected chi connectivity index (χ0v) is 11.8.